The van der Waals surface area contributed by atoms with Crippen molar-refractivity contribution < 1.29 is 13.6 Å². The lowest BCUT2D eigenvalue weighted by atomic mass is 10.0. The Bertz CT molecular complexity index is 1000. The molecule has 3 aliphatic rings. The summed E-state index contributed by atoms with van der Waals surface area (Å²) in [5.41, 5.74) is 3.49. The summed E-state index contributed by atoms with van der Waals surface area (Å²) in [5, 5.41) is 10.7. The number of carbonyl (C=O) groups is 1. The van der Waals surface area contributed by atoms with Crippen molar-refractivity contribution in [3.8, 4) is 0 Å². The highest BCUT2D eigenvalue weighted by Gasteiger charge is 2.43. The van der Waals surface area contributed by atoms with E-state index in [0.717, 1.165) is 41.3 Å². The van der Waals surface area contributed by atoms with Crippen molar-refractivity contribution in [1.29, 1.82) is 0 Å². The summed E-state index contributed by atoms with van der Waals surface area (Å²) in [6.07, 6.45) is 6.33. The first-order valence-corrected chi connectivity index (χ1v) is 11.0. The third-order valence-electron chi connectivity index (χ3n) is 6.67. The van der Waals surface area contributed by atoms with Gasteiger partial charge in [0.25, 0.3) is 0 Å². The van der Waals surface area contributed by atoms with Gasteiger partial charge >= 0.3 is 0 Å². The molecule has 1 amide bonds. The van der Waals surface area contributed by atoms with Crippen molar-refractivity contribution in [2.45, 2.75) is 64.1 Å². The van der Waals surface area contributed by atoms with Crippen molar-refractivity contribution in [3.63, 3.8) is 0 Å². The van der Waals surface area contributed by atoms with Crippen LogP contribution in [0.5, 0.6) is 0 Å². The number of fused-ring (bicyclic) bond motifs is 1. The van der Waals surface area contributed by atoms with Crippen LogP contribution in [0, 0.1) is 18.8 Å². The van der Waals surface area contributed by atoms with Gasteiger partial charge in [0.15, 0.2) is 0 Å². The fourth-order valence-electron chi connectivity index (χ4n) is 4.90. The van der Waals surface area contributed by atoms with Crippen molar-refractivity contribution in [2.24, 2.45) is 11.8 Å². The SMILES string of the molecule is Cc1nc(NCc2cnn(C[C@H]3CCC(F)(F)C3)c2)cc2c1NC(=O)C(C1CC1)N2C. The Labute approximate surface area is 180 Å². The molecule has 3 heterocycles. The predicted molar refractivity (Wildman–Crippen MR) is 114 cm³/mol. The smallest absolute Gasteiger partial charge is 0.248 e. The average molecular weight is 431 g/mol. The summed E-state index contributed by atoms with van der Waals surface area (Å²) in [6.45, 7) is 2.96. The van der Waals surface area contributed by atoms with E-state index < -0.39 is 5.92 Å². The molecule has 2 N–H and O–H groups in total. The molecule has 2 fully saturated rings. The maximum atomic E-state index is 13.4. The predicted octanol–water partition coefficient (Wildman–Crippen LogP) is 3.80. The Morgan fingerprint density at radius 3 is 2.84 bits per heavy atom. The number of nitrogens with zero attached hydrogens (tertiary/aromatic N) is 4. The Morgan fingerprint density at radius 2 is 2.13 bits per heavy atom. The number of hydrogen-bond acceptors (Lipinski definition) is 5. The van der Waals surface area contributed by atoms with E-state index in [1.54, 1.807) is 10.9 Å². The summed E-state index contributed by atoms with van der Waals surface area (Å²) in [5.74, 6) is -1.34. The zero-order valence-electron chi connectivity index (χ0n) is 17.9. The van der Waals surface area contributed by atoms with E-state index in [2.05, 4.69) is 25.6 Å². The molecule has 2 aliphatic carbocycles. The maximum absolute atomic E-state index is 13.4. The minimum atomic E-state index is -2.52. The number of amides is 1. The third kappa shape index (κ3) is 4.09. The van der Waals surface area contributed by atoms with Crippen LogP contribution < -0.4 is 15.5 Å². The second kappa shape index (κ2) is 7.46. The number of carbonyl (C=O) groups excluding carboxylic acids is 1. The molecule has 2 aromatic heterocycles. The highest BCUT2D eigenvalue weighted by Crippen LogP contribution is 2.43. The number of halogens is 2. The van der Waals surface area contributed by atoms with Crippen LogP contribution in [0.25, 0.3) is 0 Å². The van der Waals surface area contributed by atoms with Crippen LogP contribution in [0.4, 0.5) is 26.0 Å². The molecule has 0 saturated heterocycles. The van der Waals surface area contributed by atoms with Gasteiger partial charge in [-0.05, 0) is 38.0 Å². The summed E-state index contributed by atoms with van der Waals surface area (Å²) < 4.78 is 28.6. The number of likely N-dealkylation sites (N-methyl/N-ethyl adjacent to an activating group) is 1. The molecule has 1 unspecified atom stereocenters. The van der Waals surface area contributed by atoms with Crippen LogP contribution in [0.15, 0.2) is 18.5 Å². The number of aromatic nitrogens is 3. The van der Waals surface area contributed by atoms with Gasteiger partial charge in [-0.15, -0.1) is 0 Å². The Morgan fingerprint density at radius 1 is 1.32 bits per heavy atom. The molecular formula is C22H28F2N6O. The lowest BCUT2D eigenvalue weighted by Gasteiger charge is -2.36. The fourth-order valence-corrected chi connectivity index (χ4v) is 4.90. The molecule has 0 spiro atoms. The van der Waals surface area contributed by atoms with E-state index in [9.17, 15) is 13.6 Å². The van der Waals surface area contributed by atoms with Gasteiger partial charge in [-0.1, -0.05) is 0 Å². The zero-order chi connectivity index (χ0) is 21.8. The first kappa shape index (κ1) is 20.2. The molecule has 2 atom stereocenters. The molecule has 9 heteroatoms. The van der Waals surface area contributed by atoms with Crippen LogP contribution in [0.1, 0.15) is 43.4 Å². The fraction of sp³-hybridized carbons (Fsp3) is 0.591. The second-order valence-corrected chi connectivity index (χ2v) is 9.26. The Balaban J connectivity index is 1.25. The van der Waals surface area contributed by atoms with Crippen LogP contribution in [0.2, 0.25) is 0 Å². The molecule has 1 aliphatic heterocycles. The summed E-state index contributed by atoms with van der Waals surface area (Å²) >= 11 is 0. The molecule has 0 aromatic carbocycles. The molecule has 31 heavy (non-hydrogen) atoms. The number of anilines is 3. The quantitative estimate of drug-likeness (QED) is 0.729. The summed E-state index contributed by atoms with van der Waals surface area (Å²) in [6, 6.07) is 1.85. The number of hydrogen-bond donors (Lipinski definition) is 2. The lowest BCUT2D eigenvalue weighted by Crippen LogP contribution is -2.47. The van der Waals surface area contributed by atoms with Crippen LogP contribution in [-0.4, -0.2) is 39.7 Å². The van der Waals surface area contributed by atoms with Crippen molar-refractivity contribution in [3.05, 3.63) is 29.7 Å². The number of aryl methyl sites for hydroxylation is 1. The van der Waals surface area contributed by atoms with Gasteiger partial charge in [-0.2, -0.15) is 5.10 Å². The maximum Gasteiger partial charge on any atom is 0.248 e. The normalized spacial score (nSPS) is 24.8. The van der Waals surface area contributed by atoms with E-state index in [1.807, 2.05) is 26.2 Å². The first-order valence-electron chi connectivity index (χ1n) is 11.0. The van der Waals surface area contributed by atoms with Gasteiger partial charge in [0.05, 0.1) is 23.3 Å². The number of alkyl halides is 2. The topological polar surface area (TPSA) is 75.1 Å². The van der Waals surface area contributed by atoms with Crippen molar-refractivity contribution in [2.75, 3.05) is 22.6 Å². The highest BCUT2D eigenvalue weighted by atomic mass is 19.3. The minimum Gasteiger partial charge on any atom is -0.366 e. The molecule has 7 nitrogen and oxygen atoms in total. The standard InChI is InChI=1S/C22H28F2N6O/c1-13-19-17(29(2)20(16-3-4-16)21(31)28-19)7-18(27-13)25-9-15-10-26-30(12-15)11-14-5-6-22(23,24)8-14/h7,10,12,14,16,20H,3-6,8-9,11H2,1-2H3,(H,25,27)(H,28,31)/t14-,20?/m0/s1. The van der Waals surface area contributed by atoms with Gasteiger partial charge in [-0.3, -0.25) is 9.48 Å². The van der Waals surface area contributed by atoms with E-state index >= 15 is 0 Å². The average Bonchev–Trinajstić information content (AvgIpc) is 3.34. The summed E-state index contributed by atoms with van der Waals surface area (Å²) in [7, 11) is 1.97. The van der Waals surface area contributed by atoms with E-state index in [0.29, 0.717) is 25.4 Å². The first-order chi connectivity index (χ1) is 14.8. The molecule has 166 valence electrons. The Kier molecular flexibility index (Phi) is 4.86. The molecule has 2 saturated carbocycles. The van der Waals surface area contributed by atoms with Crippen molar-refractivity contribution >= 4 is 23.1 Å². The van der Waals surface area contributed by atoms with Crippen molar-refractivity contribution in [1.82, 2.24) is 14.8 Å². The van der Waals surface area contributed by atoms with E-state index in [-0.39, 0.29) is 30.7 Å². The molecular weight excluding hydrogens is 402 g/mol. The minimum absolute atomic E-state index is 0.0206. The van der Waals surface area contributed by atoms with Gasteiger partial charge in [0, 0.05) is 50.8 Å². The van der Waals surface area contributed by atoms with Crippen LogP contribution in [0.3, 0.4) is 0 Å². The Hall–Kier alpha value is -2.71. The highest BCUT2D eigenvalue weighted by molar-refractivity contribution is 6.04. The second-order valence-electron chi connectivity index (χ2n) is 9.26. The summed E-state index contributed by atoms with van der Waals surface area (Å²) in [4.78, 5) is 19.2. The molecule has 0 radical (unpaired) electrons. The lowest BCUT2D eigenvalue weighted by molar-refractivity contribution is -0.118. The molecule has 0 bridgehead atoms. The van der Waals surface area contributed by atoms with Crippen LogP contribution >= 0.6 is 0 Å². The van der Waals surface area contributed by atoms with E-state index in [1.165, 1.54) is 0 Å². The number of nitrogens with one attached hydrogen (secondary N) is 2. The number of pyridine rings is 1. The van der Waals surface area contributed by atoms with Gasteiger partial charge < -0.3 is 15.5 Å². The van der Waals surface area contributed by atoms with Crippen LogP contribution in [-0.2, 0) is 17.9 Å². The number of rotatable bonds is 6. The molecule has 2 aromatic rings. The van der Waals surface area contributed by atoms with Gasteiger partial charge in [-0.25, -0.2) is 13.8 Å². The van der Waals surface area contributed by atoms with Gasteiger partial charge in [0.2, 0.25) is 11.8 Å². The zero-order valence-corrected chi connectivity index (χ0v) is 17.9. The largest absolute Gasteiger partial charge is 0.366 e. The monoisotopic (exact) mass is 430 g/mol. The van der Waals surface area contributed by atoms with Gasteiger partial charge in [0.1, 0.15) is 11.9 Å². The van der Waals surface area contributed by atoms with E-state index in [4.69, 9.17) is 0 Å². The third-order valence-corrected chi connectivity index (χ3v) is 6.67. The molecule has 5 rings (SSSR count).